The number of benzene rings is 2. The summed E-state index contributed by atoms with van der Waals surface area (Å²) in [6, 6.07) is 13.5. The first kappa shape index (κ1) is 15.8. The van der Waals surface area contributed by atoms with Gasteiger partial charge in [-0.05, 0) is 42.7 Å². The number of para-hydroxylation sites is 1. The molecule has 6 heteroatoms. The Kier molecular flexibility index (Phi) is 3.10. The Morgan fingerprint density at radius 1 is 1.00 bits per heavy atom. The van der Waals surface area contributed by atoms with Crippen LogP contribution in [0.5, 0.6) is 0 Å². The van der Waals surface area contributed by atoms with Crippen molar-refractivity contribution in [3.63, 3.8) is 0 Å². The van der Waals surface area contributed by atoms with Gasteiger partial charge in [-0.3, -0.25) is 9.59 Å². The molecule has 2 aromatic carbocycles. The zero-order chi connectivity index (χ0) is 18.8. The number of amides is 2. The summed E-state index contributed by atoms with van der Waals surface area (Å²) in [6.45, 7) is 4.06. The zero-order valence-corrected chi connectivity index (χ0v) is 15.0. The Balaban J connectivity index is 1.78. The number of carbonyl (C=O) groups is 2. The molecule has 3 aromatic rings. The molecule has 134 valence electrons. The summed E-state index contributed by atoms with van der Waals surface area (Å²) in [5, 5.41) is 10.4. The molecule has 2 N–H and O–H groups in total. The lowest BCUT2D eigenvalue weighted by molar-refractivity contribution is -0.125. The van der Waals surface area contributed by atoms with Crippen molar-refractivity contribution in [1.29, 1.82) is 0 Å². The molecule has 1 atom stereocenters. The summed E-state index contributed by atoms with van der Waals surface area (Å²) in [5.74, 6) is 0.188. The second kappa shape index (κ2) is 5.30. The lowest BCUT2D eigenvalue weighted by Gasteiger charge is -2.31. The second-order valence-corrected chi connectivity index (χ2v) is 7.17. The van der Waals surface area contributed by atoms with Crippen LogP contribution in [0.1, 0.15) is 28.7 Å². The van der Waals surface area contributed by atoms with E-state index in [9.17, 15) is 9.59 Å². The van der Waals surface area contributed by atoms with Crippen LogP contribution in [0.15, 0.2) is 48.7 Å². The lowest BCUT2D eigenvalue weighted by Crippen LogP contribution is -2.43. The van der Waals surface area contributed by atoms with Crippen LogP contribution in [0.2, 0.25) is 0 Å². The molecule has 27 heavy (non-hydrogen) atoms. The monoisotopic (exact) mass is 358 g/mol. The highest BCUT2D eigenvalue weighted by Gasteiger charge is 2.54. The fourth-order valence-corrected chi connectivity index (χ4v) is 4.20. The molecule has 0 aliphatic carbocycles. The number of nitrogens with one attached hydrogen (secondary N) is 2. The summed E-state index contributed by atoms with van der Waals surface area (Å²) in [7, 11) is 0. The highest BCUT2D eigenvalue weighted by Crippen LogP contribution is 2.50. The highest BCUT2D eigenvalue weighted by atomic mass is 16.2. The normalized spacial score (nSPS) is 20.2. The number of aryl methyl sites for hydroxylation is 1. The Bertz CT molecular complexity index is 1130. The van der Waals surface area contributed by atoms with Crippen LogP contribution in [0.4, 0.5) is 11.5 Å². The maximum absolute atomic E-state index is 13.1. The van der Waals surface area contributed by atoms with E-state index >= 15 is 0 Å². The minimum atomic E-state index is -1.04. The number of rotatable bonds is 1. The van der Waals surface area contributed by atoms with Crippen LogP contribution in [-0.2, 0) is 15.0 Å². The van der Waals surface area contributed by atoms with E-state index < -0.39 is 5.41 Å². The molecular weight excluding hydrogens is 340 g/mol. The average Bonchev–Trinajstić information content (AvgIpc) is 3.18. The summed E-state index contributed by atoms with van der Waals surface area (Å²) in [5.41, 5.74) is 4.37. The lowest BCUT2D eigenvalue weighted by atomic mass is 9.72. The largest absolute Gasteiger partial charge is 0.325 e. The van der Waals surface area contributed by atoms with E-state index in [1.807, 2.05) is 56.3 Å². The standard InChI is InChI=1S/C21H18N4O2/c1-12-6-5-9-17(13(12)2)25-19-15(11-22-25)21(10-18(26)24-19)14-7-3-4-8-16(14)23-20(21)27/h3-9,11H,10H2,1-2H3,(H,23,27)(H,24,26)/t21-/m0/s1. The van der Waals surface area contributed by atoms with Gasteiger partial charge in [-0.15, -0.1) is 0 Å². The molecule has 0 bridgehead atoms. The van der Waals surface area contributed by atoms with Crippen LogP contribution >= 0.6 is 0 Å². The SMILES string of the molecule is Cc1cccc(-n2ncc3c2NC(=O)C[C@@]32C(=O)Nc3ccccc32)c1C. The molecule has 2 aliphatic heterocycles. The van der Waals surface area contributed by atoms with Gasteiger partial charge in [0, 0.05) is 17.7 Å². The van der Waals surface area contributed by atoms with Crippen molar-refractivity contribution in [2.24, 2.45) is 0 Å². The smallest absolute Gasteiger partial charge is 0.240 e. The molecule has 5 rings (SSSR count). The first-order chi connectivity index (χ1) is 13.0. The molecule has 1 spiro atoms. The summed E-state index contributed by atoms with van der Waals surface area (Å²) in [6.07, 6.45) is 1.78. The van der Waals surface area contributed by atoms with Gasteiger partial charge in [-0.2, -0.15) is 5.10 Å². The quantitative estimate of drug-likeness (QED) is 0.702. The predicted molar refractivity (Wildman–Crippen MR) is 102 cm³/mol. The van der Waals surface area contributed by atoms with Gasteiger partial charge in [0.05, 0.1) is 11.9 Å². The third kappa shape index (κ3) is 1.98. The van der Waals surface area contributed by atoms with Crippen LogP contribution < -0.4 is 10.6 Å². The number of anilines is 2. The molecule has 2 amide bonds. The number of hydrogen-bond donors (Lipinski definition) is 2. The Morgan fingerprint density at radius 3 is 2.67 bits per heavy atom. The van der Waals surface area contributed by atoms with Gasteiger partial charge in [-0.1, -0.05) is 30.3 Å². The Labute approximate surface area is 156 Å². The van der Waals surface area contributed by atoms with Gasteiger partial charge >= 0.3 is 0 Å². The van der Waals surface area contributed by atoms with Gasteiger partial charge in [-0.25, -0.2) is 4.68 Å². The van der Waals surface area contributed by atoms with Crippen molar-refractivity contribution in [2.75, 3.05) is 10.6 Å². The first-order valence-corrected chi connectivity index (χ1v) is 8.88. The van der Waals surface area contributed by atoms with E-state index in [1.54, 1.807) is 10.9 Å². The van der Waals surface area contributed by atoms with Crippen molar-refractivity contribution in [2.45, 2.75) is 25.7 Å². The summed E-state index contributed by atoms with van der Waals surface area (Å²) >= 11 is 0. The average molecular weight is 358 g/mol. The van der Waals surface area contributed by atoms with E-state index in [1.165, 1.54) is 0 Å². The number of fused-ring (bicyclic) bond motifs is 4. The number of hydrogen-bond acceptors (Lipinski definition) is 3. The van der Waals surface area contributed by atoms with Gasteiger partial charge in [0.2, 0.25) is 11.8 Å². The van der Waals surface area contributed by atoms with Crippen molar-refractivity contribution in [3.05, 3.63) is 70.9 Å². The fraction of sp³-hybridized carbons (Fsp3) is 0.190. The molecule has 0 unspecified atom stereocenters. The molecular formula is C21H18N4O2. The van der Waals surface area contributed by atoms with Crippen LogP contribution in [0.3, 0.4) is 0 Å². The van der Waals surface area contributed by atoms with E-state index in [-0.39, 0.29) is 18.2 Å². The molecule has 2 aliphatic rings. The molecule has 0 fully saturated rings. The van der Waals surface area contributed by atoms with Gasteiger partial charge in [0.15, 0.2) is 0 Å². The number of nitrogens with zero attached hydrogens (tertiary/aromatic N) is 2. The van der Waals surface area contributed by atoms with E-state index in [0.717, 1.165) is 33.6 Å². The third-order valence-electron chi connectivity index (χ3n) is 5.74. The third-order valence-corrected chi connectivity index (χ3v) is 5.74. The summed E-state index contributed by atoms with van der Waals surface area (Å²) in [4.78, 5) is 25.7. The maximum atomic E-state index is 13.1. The predicted octanol–water partition coefficient (Wildman–Crippen LogP) is 3.07. The second-order valence-electron chi connectivity index (χ2n) is 7.17. The molecule has 3 heterocycles. The Hall–Kier alpha value is -3.41. The number of carbonyl (C=O) groups excluding carboxylic acids is 2. The van der Waals surface area contributed by atoms with Crippen LogP contribution in [0, 0.1) is 13.8 Å². The van der Waals surface area contributed by atoms with E-state index in [0.29, 0.717) is 5.82 Å². The van der Waals surface area contributed by atoms with Gasteiger partial charge < -0.3 is 10.6 Å². The van der Waals surface area contributed by atoms with Gasteiger partial charge in [0.1, 0.15) is 11.2 Å². The number of aromatic nitrogens is 2. The van der Waals surface area contributed by atoms with E-state index in [2.05, 4.69) is 15.7 Å². The molecule has 0 saturated carbocycles. The highest BCUT2D eigenvalue weighted by molar-refractivity contribution is 6.14. The maximum Gasteiger partial charge on any atom is 0.240 e. The molecule has 1 aromatic heterocycles. The van der Waals surface area contributed by atoms with Crippen molar-refractivity contribution >= 4 is 23.3 Å². The molecule has 6 nitrogen and oxygen atoms in total. The van der Waals surface area contributed by atoms with Crippen molar-refractivity contribution in [3.8, 4) is 5.69 Å². The molecule has 0 radical (unpaired) electrons. The van der Waals surface area contributed by atoms with Crippen molar-refractivity contribution < 1.29 is 9.59 Å². The molecule has 0 saturated heterocycles. The Morgan fingerprint density at radius 2 is 1.81 bits per heavy atom. The van der Waals surface area contributed by atoms with Crippen LogP contribution in [-0.4, -0.2) is 21.6 Å². The fourth-order valence-electron chi connectivity index (χ4n) is 4.20. The van der Waals surface area contributed by atoms with E-state index in [4.69, 9.17) is 0 Å². The van der Waals surface area contributed by atoms with Crippen LogP contribution in [0.25, 0.3) is 5.69 Å². The zero-order valence-electron chi connectivity index (χ0n) is 15.0. The van der Waals surface area contributed by atoms with Crippen molar-refractivity contribution in [1.82, 2.24) is 9.78 Å². The minimum Gasteiger partial charge on any atom is -0.325 e. The first-order valence-electron chi connectivity index (χ1n) is 8.88. The summed E-state index contributed by atoms with van der Waals surface area (Å²) < 4.78 is 1.73. The minimum absolute atomic E-state index is 0.0708. The van der Waals surface area contributed by atoms with Gasteiger partial charge in [0.25, 0.3) is 0 Å². The topological polar surface area (TPSA) is 76.0 Å².